The zero-order valence-electron chi connectivity index (χ0n) is 13.5. The second kappa shape index (κ2) is 7.33. The predicted molar refractivity (Wildman–Crippen MR) is 84.0 cm³/mol. The summed E-state index contributed by atoms with van der Waals surface area (Å²) < 4.78 is 5.94. The lowest BCUT2D eigenvalue weighted by atomic mass is 9.80. The summed E-state index contributed by atoms with van der Waals surface area (Å²) in [5.41, 5.74) is 3.49. The molecule has 0 amide bonds. The quantitative estimate of drug-likeness (QED) is 0.647. The fourth-order valence-electron chi connectivity index (χ4n) is 2.80. The van der Waals surface area contributed by atoms with Crippen molar-refractivity contribution in [1.29, 1.82) is 5.26 Å². The van der Waals surface area contributed by atoms with Crippen LogP contribution in [-0.2, 0) is 0 Å². The molecule has 1 rings (SSSR count). The first-order valence-corrected chi connectivity index (χ1v) is 7.60. The molecule has 0 fully saturated rings. The summed E-state index contributed by atoms with van der Waals surface area (Å²) in [6, 6.07) is 6.79. The lowest BCUT2D eigenvalue weighted by Crippen LogP contribution is -2.17. The monoisotopic (exact) mass is 273 g/mol. The number of ether oxygens (including phenoxy) is 1. The highest BCUT2D eigenvalue weighted by Gasteiger charge is 2.24. The van der Waals surface area contributed by atoms with Crippen LogP contribution in [0.25, 0.3) is 0 Å². The van der Waals surface area contributed by atoms with Gasteiger partial charge in [-0.15, -0.1) is 0 Å². The molecule has 0 bridgehead atoms. The minimum atomic E-state index is -0.166. The summed E-state index contributed by atoms with van der Waals surface area (Å²) in [5.74, 6) is 1.01. The van der Waals surface area contributed by atoms with E-state index in [9.17, 15) is 5.26 Å². The topological polar surface area (TPSA) is 33.0 Å². The van der Waals surface area contributed by atoms with Crippen molar-refractivity contribution in [2.24, 2.45) is 5.41 Å². The average molecular weight is 273 g/mol. The van der Waals surface area contributed by atoms with Crippen LogP contribution in [0.2, 0.25) is 0 Å². The Labute approximate surface area is 123 Å². The Morgan fingerprint density at radius 2 is 1.65 bits per heavy atom. The normalized spacial score (nSPS) is 11.2. The Hall–Kier alpha value is -1.49. The smallest absolute Gasteiger partial charge is 0.125 e. The van der Waals surface area contributed by atoms with Gasteiger partial charge in [0.05, 0.1) is 18.1 Å². The highest BCUT2D eigenvalue weighted by Crippen LogP contribution is 2.31. The van der Waals surface area contributed by atoms with E-state index in [2.05, 4.69) is 52.8 Å². The van der Waals surface area contributed by atoms with E-state index in [1.807, 2.05) is 0 Å². The van der Waals surface area contributed by atoms with E-state index in [1.54, 1.807) is 0 Å². The molecule has 0 aliphatic heterocycles. The molecule has 0 unspecified atom stereocenters. The zero-order valence-corrected chi connectivity index (χ0v) is 13.5. The van der Waals surface area contributed by atoms with Gasteiger partial charge in [0, 0.05) is 0 Å². The third kappa shape index (κ3) is 4.00. The zero-order chi connectivity index (χ0) is 15.2. The largest absolute Gasteiger partial charge is 0.493 e. The third-order valence-electron chi connectivity index (χ3n) is 4.24. The molecule has 0 atom stereocenters. The second-order valence-electron chi connectivity index (χ2n) is 5.78. The lowest BCUT2D eigenvalue weighted by Gasteiger charge is -2.23. The molecule has 2 heteroatoms. The molecule has 0 aromatic heterocycles. The summed E-state index contributed by atoms with van der Waals surface area (Å²) in [5, 5.41) is 9.32. The van der Waals surface area contributed by atoms with Gasteiger partial charge in [-0.1, -0.05) is 31.5 Å². The molecule has 0 aliphatic carbocycles. The molecule has 0 radical (unpaired) electrons. The number of rotatable bonds is 7. The van der Waals surface area contributed by atoms with Crippen LogP contribution in [0.5, 0.6) is 5.75 Å². The molecule has 0 N–H and O–H groups in total. The van der Waals surface area contributed by atoms with E-state index in [0.29, 0.717) is 6.61 Å². The van der Waals surface area contributed by atoms with Crippen LogP contribution in [-0.4, -0.2) is 6.61 Å². The molecular weight excluding hydrogens is 246 g/mol. The number of nitrogens with zero attached hydrogens (tertiary/aromatic N) is 1. The first-order chi connectivity index (χ1) is 9.48. The Morgan fingerprint density at radius 1 is 1.10 bits per heavy atom. The van der Waals surface area contributed by atoms with Gasteiger partial charge in [0.25, 0.3) is 0 Å². The van der Waals surface area contributed by atoms with Crippen molar-refractivity contribution in [3.05, 3.63) is 28.8 Å². The maximum Gasteiger partial charge on any atom is 0.125 e. The number of hydrogen-bond acceptors (Lipinski definition) is 2. The highest BCUT2D eigenvalue weighted by atomic mass is 16.5. The fourth-order valence-corrected chi connectivity index (χ4v) is 2.80. The summed E-state index contributed by atoms with van der Waals surface area (Å²) >= 11 is 0. The van der Waals surface area contributed by atoms with E-state index >= 15 is 0 Å². The Bertz CT molecular complexity index is 458. The highest BCUT2D eigenvalue weighted by molar-refractivity contribution is 5.42. The third-order valence-corrected chi connectivity index (χ3v) is 4.24. The van der Waals surface area contributed by atoms with Crippen LogP contribution in [0.15, 0.2) is 12.1 Å². The van der Waals surface area contributed by atoms with Crippen molar-refractivity contribution in [3.63, 3.8) is 0 Å². The molecule has 1 aromatic carbocycles. The minimum absolute atomic E-state index is 0.166. The molecule has 0 spiro atoms. The van der Waals surface area contributed by atoms with Crippen LogP contribution >= 0.6 is 0 Å². The Balaban J connectivity index is 2.56. The molecule has 0 saturated heterocycles. The van der Waals surface area contributed by atoms with Crippen LogP contribution in [0.3, 0.4) is 0 Å². The van der Waals surface area contributed by atoms with Gasteiger partial charge >= 0.3 is 0 Å². The summed E-state index contributed by atoms with van der Waals surface area (Å²) in [7, 11) is 0. The Morgan fingerprint density at radius 3 is 2.10 bits per heavy atom. The molecule has 0 saturated carbocycles. The Kier molecular flexibility index (Phi) is 6.07. The first kappa shape index (κ1) is 16.6. The van der Waals surface area contributed by atoms with Crippen molar-refractivity contribution in [3.8, 4) is 11.8 Å². The fraction of sp³-hybridized carbons (Fsp3) is 0.611. The van der Waals surface area contributed by atoms with Gasteiger partial charge in [0.1, 0.15) is 5.75 Å². The predicted octanol–water partition coefficient (Wildman–Crippen LogP) is 5.10. The number of benzene rings is 1. The number of hydrogen-bond donors (Lipinski definition) is 0. The van der Waals surface area contributed by atoms with E-state index in [0.717, 1.165) is 31.4 Å². The van der Waals surface area contributed by atoms with Gasteiger partial charge in [-0.05, 0) is 57.6 Å². The van der Waals surface area contributed by atoms with Gasteiger partial charge in [-0.25, -0.2) is 0 Å². The van der Waals surface area contributed by atoms with Gasteiger partial charge in [-0.3, -0.25) is 0 Å². The lowest BCUT2D eigenvalue weighted by molar-refractivity contribution is 0.257. The van der Waals surface area contributed by atoms with Crippen LogP contribution in [0.1, 0.15) is 56.2 Å². The minimum Gasteiger partial charge on any atom is -0.493 e. The van der Waals surface area contributed by atoms with Crippen molar-refractivity contribution < 1.29 is 4.74 Å². The van der Waals surface area contributed by atoms with Gasteiger partial charge in [0.15, 0.2) is 0 Å². The molecule has 2 nitrogen and oxygen atoms in total. The molecule has 110 valence electrons. The standard InChI is InChI=1S/C18H27NO/c1-6-18(7-2,13-19)9-8-10-20-17-15(4)11-14(3)12-16(17)5/h11-12H,6-10H2,1-5H3. The van der Waals surface area contributed by atoms with E-state index in [4.69, 9.17) is 4.74 Å². The SMILES string of the molecule is CCC(C#N)(CC)CCCOc1c(C)cc(C)cc1C. The average Bonchev–Trinajstić information content (AvgIpc) is 2.42. The van der Waals surface area contributed by atoms with Crippen molar-refractivity contribution >= 4 is 0 Å². The summed E-state index contributed by atoms with van der Waals surface area (Å²) in [6.45, 7) is 11.2. The van der Waals surface area contributed by atoms with Gasteiger partial charge in [-0.2, -0.15) is 5.26 Å². The van der Waals surface area contributed by atoms with Crippen molar-refractivity contribution in [2.75, 3.05) is 6.61 Å². The van der Waals surface area contributed by atoms with Crippen LogP contribution in [0, 0.1) is 37.5 Å². The van der Waals surface area contributed by atoms with E-state index in [1.165, 1.54) is 16.7 Å². The molecule has 1 aromatic rings. The molecule has 20 heavy (non-hydrogen) atoms. The van der Waals surface area contributed by atoms with E-state index < -0.39 is 0 Å². The molecular formula is C18H27NO. The summed E-state index contributed by atoms with van der Waals surface area (Å²) in [4.78, 5) is 0. The second-order valence-corrected chi connectivity index (χ2v) is 5.78. The first-order valence-electron chi connectivity index (χ1n) is 7.60. The van der Waals surface area contributed by atoms with Crippen LogP contribution in [0.4, 0.5) is 0 Å². The molecule has 0 aliphatic rings. The van der Waals surface area contributed by atoms with Crippen LogP contribution < -0.4 is 4.74 Å². The number of nitriles is 1. The van der Waals surface area contributed by atoms with Crippen molar-refractivity contribution in [2.45, 2.75) is 60.3 Å². The summed E-state index contributed by atoms with van der Waals surface area (Å²) in [6.07, 6.45) is 3.69. The van der Waals surface area contributed by atoms with Crippen molar-refractivity contribution in [1.82, 2.24) is 0 Å². The van der Waals surface area contributed by atoms with Gasteiger partial charge < -0.3 is 4.74 Å². The van der Waals surface area contributed by atoms with Gasteiger partial charge in [0.2, 0.25) is 0 Å². The molecule has 0 heterocycles. The maximum atomic E-state index is 9.32. The number of aryl methyl sites for hydroxylation is 3. The van der Waals surface area contributed by atoms with E-state index in [-0.39, 0.29) is 5.41 Å². The maximum absolute atomic E-state index is 9.32.